The molecule has 0 saturated carbocycles. The Morgan fingerprint density at radius 1 is 1.35 bits per heavy atom. The van der Waals surface area contributed by atoms with Crippen molar-refractivity contribution < 1.29 is 9.90 Å². The molecule has 0 aromatic heterocycles. The number of carbonyl (C=O) groups excluding carboxylic acids is 1. The predicted molar refractivity (Wildman–Crippen MR) is 72.3 cm³/mol. The van der Waals surface area contributed by atoms with Gasteiger partial charge in [0.2, 0.25) is 0 Å². The lowest BCUT2D eigenvalue weighted by molar-refractivity contribution is 0.101. The van der Waals surface area contributed by atoms with Crippen LogP contribution in [0.2, 0.25) is 0 Å². The van der Waals surface area contributed by atoms with E-state index in [9.17, 15) is 9.90 Å². The van der Waals surface area contributed by atoms with Crippen LogP contribution in [-0.2, 0) is 0 Å². The molecule has 0 spiro atoms. The van der Waals surface area contributed by atoms with Gasteiger partial charge < -0.3 is 10.0 Å². The van der Waals surface area contributed by atoms with E-state index < -0.39 is 0 Å². The van der Waals surface area contributed by atoms with Crippen LogP contribution in [0, 0.1) is 0 Å². The molecule has 1 fully saturated rings. The fourth-order valence-electron chi connectivity index (χ4n) is 2.02. The smallest absolute Gasteiger partial charge is 0.163 e. The summed E-state index contributed by atoms with van der Waals surface area (Å²) < 4.78 is 0. The number of rotatable bonds is 2. The van der Waals surface area contributed by atoms with Gasteiger partial charge in [0.15, 0.2) is 5.78 Å². The van der Waals surface area contributed by atoms with Gasteiger partial charge >= 0.3 is 0 Å². The minimum atomic E-state index is -0.0968. The molecule has 1 aliphatic heterocycles. The van der Waals surface area contributed by atoms with Crippen molar-refractivity contribution in [1.82, 2.24) is 0 Å². The van der Waals surface area contributed by atoms with Crippen molar-refractivity contribution in [3.63, 3.8) is 0 Å². The molecule has 1 aromatic carbocycles. The standard InChI is InChI=1S/C13H17NO2S/c1-10(15)12-4-3-11(9-13(12)16)14-5-2-7-17-8-6-14/h3-4,9,16H,2,5-8H2,1H3. The molecule has 17 heavy (non-hydrogen) atoms. The third-order valence-corrected chi connectivity index (χ3v) is 4.00. The lowest BCUT2D eigenvalue weighted by Gasteiger charge is -2.22. The summed E-state index contributed by atoms with van der Waals surface area (Å²) in [6, 6.07) is 5.34. The molecule has 0 unspecified atom stereocenters. The Balaban J connectivity index is 2.21. The monoisotopic (exact) mass is 251 g/mol. The number of aromatic hydroxyl groups is 1. The van der Waals surface area contributed by atoms with Gasteiger partial charge in [-0.05, 0) is 31.2 Å². The van der Waals surface area contributed by atoms with E-state index in [-0.39, 0.29) is 11.5 Å². The number of hydrogen-bond donors (Lipinski definition) is 1. The first-order valence-electron chi connectivity index (χ1n) is 5.85. The van der Waals surface area contributed by atoms with E-state index in [0.717, 1.165) is 24.5 Å². The molecule has 1 aromatic rings. The first-order chi connectivity index (χ1) is 8.18. The van der Waals surface area contributed by atoms with Crippen molar-refractivity contribution in [3.8, 4) is 5.75 Å². The Hall–Kier alpha value is -1.16. The van der Waals surface area contributed by atoms with Crippen LogP contribution in [0.1, 0.15) is 23.7 Å². The van der Waals surface area contributed by atoms with Crippen molar-refractivity contribution in [3.05, 3.63) is 23.8 Å². The highest BCUT2D eigenvalue weighted by Gasteiger charge is 2.13. The normalized spacial score (nSPS) is 16.6. The third kappa shape index (κ3) is 2.94. The quantitative estimate of drug-likeness (QED) is 0.820. The molecular formula is C13H17NO2S. The van der Waals surface area contributed by atoms with Gasteiger partial charge in [0.25, 0.3) is 0 Å². The molecule has 92 valence electrons. The number of benzene rings is 1. The van der Waals surface area contributed by atoms with E-state index in [2.05, 4.69) is 4.90 Å². The Morgan fingerprint density at radius 2 is 2.18 bits per heavy atom. The van der Waals surface area contributed by atoms with Gasteiger partial charge in [-0.25, -0.2) is 0 Å². The molecule has 1 N–H and O–H groups in total. The van der Waals surface area contributed by atoms with Gasteiger partial charge in [0.1, 0.15) is 5.75 Å². The van der Waals surface area contributed by atoms with E-state index >= 15 is 0 Å². The summed E-state index contributed by atoms with van der Waals surface area (Å²) >= 11 is 1.97. The molecule has 1 saturated heterocycles. The number of phenolic OH excluding ortho intramolecular Hbond substituents is 1. The van der Waals surface area contributed by atoms with Crippen LogP contribution >= 0.6 is 11.8 Å². The average molecular weight is 251 g/mol. The van der Waals surface area contributed by atoms with Crippen LogP contribution in [0.5, 0.6) is 5.75 Å². The molecule has 4 heteroatoms. The van der Waals surface area contributed by atoms with Gasteiger partial charge in [0, 0.05) is 30.6 Å². The van der Waals surface area contributed by atoms with Crippen molar-refractivity contribution in [2.24, 2.45) is 0 Å². The second-order valence-electron chi connectivity index (χ2n) is 4.21. The number of phenols is 1. The van der Waals surface area contributed by atoms with Crippen molar-refractivity contribution >= 4 is 23.2 Å². The molecule has 2 rings (SSSR count). The summed E-state index contributed by atoms with van der Waals surface area (Å²) in [5, 5.41) is 9.81. The summed E-state index contributed by atoms with van der Waals surface area (Å²) in [5.74, 6) is 2.32. The zero-order valence-electron chi connectivity index (χ0n) is 9.98. The second-order valence-corrected chi connectivity index (χ2v) is 5.44. The Labute approximate surface area is 106 Å². The van der Waals surface area contributed by atoms with E-state index in [1.165, 1.54) is 19.1 Å². The van der Waals surface area contributed by atoms with E-state index in [1.54, 1.807) is 12.1 Å². The minimum absolute atomic E-state index is 0.0897. The first-order valence-corrected chi connectivity index (χ1v) is 7.00. The van der Waals surface area contributed by atoms with Crippen molar-refractivity contribution in [2.75, 3.05) is 29.5 Å². The highest BCUT2D eigenvalue weighted by atomic mass is 32.2. The number of anilines is 1. The zero-order valence-corrected chi connectivity index (χ0v) is 10.8. The number of Topliss-reactive ketones (excluding diaryl/α,β-unsaturated/α-hetero) is 1. The molecule has 3 nitrogen and oxygen atoms in total. The van der Waals surface area contributed by atoms with Crippen molar-refractivity contribution in [2.45, 2.75) is 13.3 Å². The van der Waals surface area contributed by atoms with Crippen LogP contribution in [0.25, 0.3) is 0 Å². The van der Waals surface area contributed by atoms with E-state index in [1.807, 2.05) is 17.8 Å². The lowest BCUT2D eigenvalue weighted by atomic mass is 10.1. The van der Waals surface area contributed by atoms with Gasteiger partial charge in [-0.2, -0.15) is 11.8 Å². The maximum absolute atomic E-state index is 11.2. The summed E-state index contributed by atoms with van der Waals surface area (Å²) in [7, 11) is 0. The van der Waals surface area contributed by atoms with Crippen molar-refractivity contribution in [1.29, 1.82) is 0 Å². The van der Waals surface area contributed by atoms with Crippen LogP contribution in [0.4, 0.5) is 5.69 Å². The van der Waals surface area contributed by atoms with Crippen LogP contribution < -0.4 is 4.90 Å². The average Bonchev–Trinajstić information content (AvgIpc) is 2.56. The highest BCUT2D eigenvalue weighted by molar-refractivity contribution is 7.99. The van der Waals surface area contributed by atoms with Crippen LogP contribution in [-0.4, -0.2) is 35.5 Å². The second kappa shape index (κ2) is 5.45. The van der Waals surface area contributed by atoms with Gasteiger partial charge in [0.05, 0.1) is 5.56 Å². The number of thioether (sulfide) groups is 1. The minimum Gasteiger partial charge on any atom is -0.507 e. The Morgan fingerprint density at radius 3 is 2.88 bits per heavy atom. The Kier molecular flexibility index (Phi) is 3.94. The molecular weight excluding hydrogens is 234 g/mol. The summed E-state index contributed by atoms with van der Waals surface area (Å²) in [4.78, 5) is 13.5. The first kappa shape index (κ1) is 12.3. The zero-order chi connectivity index (χ0) is 12.3. The highest BCUT2D eigenvalue weighted by Crippen LogP contribution is 2.26. The number of nitrogens with zero attached hydrogens (tertiary/aromatic N) is 1. The number of ketones is 1. The predicted octanol–water partition coefficient (Wildman–Crippen LogP) is 2.54. The molecule has 0 bridgehead atoms. The van der Waals surface area contributed by atoms with Gasteiger partial charge in [-0.15, -0.1) is 0 Å². The molecule has 0 radical (unpaired) electrons. The SMILES string of the molecule is CC(=O)c1ccc(N2CCCSCC2)cc1O. The maximum Gasteiger partial charge on any atom is 0.163 e. The topological polar surface area (TPSA) is 40.5 Å². The van der Waals surface area contributed by atoms with Gasteiger partial charge in [-0.1, -0.05) is 0 Å². The van der Waals surface area contributed by atoms with E-state index in [4.69, 9.17) is 0 Å². The largest absolute Gasteiger partial charge is 0.507 e. The summed E-state index contributed by atoms with van der Waals surface area (Å²) in [6.45, 7) is 3.49. The fourth-order valence-corrected chi connectivity index (χ4v) is 2.91. The lowest BCUT2D eigenvalue weighted by Crippen LogP contribution is -2.25. The Bertz CT molecular complexity index is 412. The molecule has 1 aliphatic rings. The van der Waals surface area contributed by atoms with Crippen LogP contribution in [0.3, 0.4) is 0 Å². The number of carbonyl (C=O) groups is 1. The molecule has 0 aliphatic carbocycles. The molecule has 0 atom stereocenters. The van der Waals surface area contributed by atoms with Gasteiger partial charge in [-0.3, -0.25) is 4.79 Å². The molecule has 1 heterocycles. The molecule has 0 amide bonds. The maximum atomic E-state index is 11.2. The van der Waals surface area contributed by atoms with Crippen LogP contribution in [0.15, 0.2) is 18.2 Å². The summed E-state index contributed by atoms with van der Waals surface area (Å²) in [5.41, 5.74) is 1.41. The number of hydrogen-bond acceptors (Lipinski definition) is 4. The summed E-state index contributed by atoms with van der Waals surface area (Å²) in [6.07, 6.45) is 1.17. The third-order valence-electron chi connectivity index (χ3n) is 2.95. The van der Waals surface area contributed by atoms with E-state index in [0.29, 0.717) is 5.56 Å². The fraction of sp³-hybridized carbons (Fsp3) is 0.462.